The molecule has 0 aliphatic heterocycles. The Balaban J connectivity index is 1.72. The molecule has 4 nitrogen and oxygen atoms in total. The summed E-state index contributed by atoms with van der Waals surface area (Å²) in [6, 6.07) is 20.6. The average Bonchev–Trinajstić information content (AvgIpc) is 2.69. The highest BCUT2D eigenvalue weighted by Crippen LogP contribution is 2.26. The molecule has 0 saturated carbocycles. The van der Waals surface area contributed by atoms with E-state index in [0.717, 1.165) is 16.8 Å². The smallest absolute Gasteiger partial charge is 0.188 e. The van der Waals surface area contributed by atoms with Crippen molar-refractivity contribution in [2.45, 2.75) is 19.3 Å². The van der Waals surface area contributed by atoms with Crippen molar-refractivity contribution in [3.8, 4) is 17.4 Å². The molecular weight excluding hydrogens is 324 g/mol. The summed E-state index contributed by atoms with van der Waals surface area (Å²) in [6.45, 7) is 0. The van der Waals surface area contributed by atoms with Gasteiger partial charge in [0.15, 0.2) is 5.43 Å². The third-order valence-electron chi connectivity index (χ3n) is 4.52. The maximum absolute atomic E-state index is 12.5. The lowest BCUT2D eigenvalue weighted by atomic mass is 9.94. The Hall–Kier alpha value is -3.45. The topological polar surface area (TPSA) is 66.4 Å². The van der Waals surface area contributed by atoms with Gasteiger partial charge in [-0.05, 0) is 25.0 Å². The molecule has 0 fully saturated rings. The van der Waals surface area contributed by atoms with E-state index in [0.29, 0.717) is 42.0 Å². The third kappa shape index (κ3) is 3.07. The molecule has 0 amide bonds. The number of rotatable bonds is 2. The number of nitrogens with zero attached hydrogens (tertiary/aromatic N) is 2. The molecule has 0 bridgehead atoms. The van der Waals surface area contributed by atoms with E-state index in [4.69, 9.17) is 4.42 Å². The molecule has 4 rings (SSSR count). The van der Waals surface area contributed by atoms with E-state index in [1.54, 1.807) is 12.1 Å². The number of aliphatic imine (C=N–C) groups is 1. The lowest BCUT2D eigenvalue weighted by Gasteiger charge is -2.17. The number of hydrogen-bond acceptors (Lipinski definition) is 4. The number of benzene rings is 2. The van der Waals surface area contributed by atoms with E-state index in [1.165, 1.54) is 0 Å². The van der Waals surface area contributed by atoms with Gasteiger partial charge in [0.25, 0.3) is 0 Å². The molecule has 1 aliphatic carbocycles. The van der Waals surface area contributed by atoms with Gasteiger partial charge >= 0.3 is 0 Å². The minimum absolute atomic E-state index is 0.0154. The molecule has 1 aromatic heterocycles. The third-order valence-corrected chi connectivity index (χ3v) is 4.52. The molecule has 126 valence electrons. The summed E-state index contributed by atoms with van der Waals surface area (Å²) in [5.41, 5.74) is 3.76. The lowest BCUT2D eigenvalue weighted by Crippen LogP contribution is -2.21. The van der Waals surface area contributed by atoms with Gasteiger partial charge in [0.05, 0.1) is 11.3 Å². The van der Waals surface area contributed by atoms with Crippen molar-refractivity contribution in [3.63, 3.8) is 0 Å². The maximum Gasteiger partial charge on any atom is 0.188 e. The summed E-state index contributed by atoms with van der Waals surface area (Å²) in [7, 11) is 0. The molecular formula is C22H16N2O2. The van der Waals surface area contributed by atoms with Crippen molar-refractivity contribution in [2.24, 2.45) is 4.99 Å². The molecule has 0 spiro atoms. The van der Waals surface area contributed by atoms with Gasteiger partial charge in [-0.1, -0.05) is 42.5 Å². The summed E-state index contributed by atoms with van der Waals surface area (Å²) in [6.07, 6.45) is 1.80. The number of fused-ring (bicyclic) bond motifs is 1. The zero-order valence-corrected chi connectivity index (χ0v) is 14.1. The van der Waals surface area contributed by atoms with Crippen molar-refractivity contribution in [3.05, 3.63) is 87.8 Å². The Morgan fingerprint density at radius 1 is 1.00 bits per heavy atom. The fourth-order valence-electron chi connectivity index (χ4n) is 3.19. The lowest BCUT2D eigenvalue weighted by molar-refractivity contribution is 0.505. The second-order valence-electron chi connectivity index (χ2n) is 6.23. The average molecular weight is 340 g/mol. The summed E-state index contributed by atoms with van der Waals surface area (Å²) >= 11 is 0. The highest BCUT2D eigenvalue weighted by Gasteiger charge is 2.21. The van der Waals surface area contributed by atoms with Gasteiger partial charge in [0.1, 0.15) is 17.6 Å². The van der Waals surface area contributed by atoms with E-state index in [9.17, 15) is 10.1 Å². The van der Waals surface area contributed by atoms with E-state index >= 15 is 0 Å². The van der Waals surface area contributed by atoms with E-state index < -0.39 is 0 Å². The molecule has 26 heavy (non-hydrogen) atoms. The number of hydrogen-bond donors (Lipinski definition) is 0. The summed E-state index contributed by atoms with van der Waals surface area (Å²) in [4.78, 5) is 17.1. The van der Waals surface area contributed by atoms with Crippen molar-refractivity contribution in [2.75, 3.05) is 0 Å². The zero-order valence-electron chi connectivity index (χ0n) is 14.1. The molecule has 0 N–H and O–H groups in total. The second-order valence-corrected chi connectivity index (χ2v) is 6.23. The van der Waals surface area contributed by atoms with Gasteiger partial charge in [-0.15, -0.1) is 0 Å². The maximum atomic E-state index is 12.5. The van der Waals surface area contributed by atoms with Crippen LogP contribution in [-0.2, 0) is 12.8 Å². The van der Waals surface area contributed by atoms with Gasteiger partial charge < -0.3 is 4.42 Å². The van der Waals surface area contributed by atoms with E-state index in [2.05, 4.69) is 11.1 Å². The molecule has 0 radical (unpaired) electrons. The SMILES string of the molecule is N#Cc1ccccc1N=C1CCc2c(oc(-c3ccccc3)cc2=O)C1. The molecule has 0 saturated heterocycles. The van der Waals surface area contributed by atoms with Crippen LogP contribution in [0.2, 0.25) is 0 Å². The largest absolute Gasteiger partial charge is 0.460 e. The fourth-order valence-corrected chi connectivity index (χ4v) is 3.19. The molecule has 0 atom stereocenters. The van der Waals surface area contributed by atoms with Crippen LogP contribution in [0, 0.1) is 11.3 Å². The molecule has 1 heterocycles. The van der Waals surface area contributed by atoms with Crippen molar-refractivity contribution < 1.29 is 4.42 Å². The predicted octanol–water partition coefficient (Wildman–Crippen LogP) is 4.44. The molecule has 2 aromatic carbocycles. The monoisotopic (exact) mass is 340 g/mol. The van der Waals surface area contributed by atoms with Gasteiger partial charge in [0.2, 0.25) is 0 Å². The van der Waals surface area contributed by atoms with E-state index in [-0.39, 0.29) is 5.43 Å². The molecule has 3 aromatic rings. The van der Waals surface area contributed by atoms with Crippen molar-refractivity contribution in [1.82, 2.24) is 0 Å². The van der Waals surface area contributed by atoms with Crippen LogP contribution in [0.15, 0.2) is 74.9 Å². The van der Waals surface area contributed by atoms with Crippen molar-refractivity contribution in [1.29, 1.82) is 5.26 Å². The van der Waals surface area contributed by atoms with E-state index in [1.807, 2.05) is 48.5 Å². The Morgan fingerprint density at radius 3 is 2.58 bits per heavy atom. The minimum Gasteiger partial charge on any atom is -0.460 e. The van der Waals surface area contributed by atoms with Crippen LogP contribution in [0.5, 0.6) is 0 Å². The van der Waals surface area contributed by atoms with Crippen molar-refractivity contribution >= 4 is 11.4 Å². The minimum atomic E-state index is 0.0154. The summed E-state index contributed by atoms with van der Waals surface area (Å²) < 4.78 is 6.05. The van der Waals surface area contributed by atoms with Gasteiger partial charge in [-0.2, -0.15) is 5.26 Å². The fraction of sp³-hybridized carbons (Fsp3) is 0.136. The van der Waals surface area contributed by atoms with Crippen LogP contribution in [0.4, 0.5) is 5.69 Å². The first-order chi connectivity index (χ1) is 12.7. The normalized spacial score (nSPS) is 14.7. The van der Waals surface area contributed by atoms with Crippen LogP contribution in [0.3, 0.4) is 0 Å². The number of para-hydroxylation sites is 1. The molecule has 1 aliphatic rings. The van der Waals surface area contributed by atoms with Crippen LogP contribution in [0.25, 0.3) is 11.3 Å². The van der Waals surface area contributed by atoms with Crippen LogP contribution in [0.1, 0.15) is 23.3 Å². The Bertz CT molecular complexity index is 1090. The first-order valence-electron chi connectivity index (χ1n) is 8.51. The highest BCUT2D eigenvalue weighted by atomic mass is 16.3. The summed E-state index contributed by atoms with van der Waals surface area (Å²) in [5, 5.41) is 9.23. The Morgan fingerprint density at radius 2 is 1.77 bits per heavy atom. The van der Waals surface area contributed by atoms with Gasteiger partial charge in [-0.25, -0.2) is 0 Å². The Labute approximate surface area is 151 Å². The molecule has 0 unspecified atom stereocenters. The first-order valence-corrected chi connectivity index (χ1v) is 8.51. The second kappa shape index (κ2) is 6.81. The van der Waals surface area contributed by atoms with Crippen LogP contribution in [-0.4, -0.2) is 5.71 Å². The van der Waals surface area contributed by atoms with Crippen LogP contribution < -0.4 is 5.43 Å². The quantitative estimate of drug-likeness (QED) is 0.692. The van der Waals surface area contributed by atoms with Crippen LogP contribution >= 0.6 is 0 Å². The first kappa shape index (κ1) is 16.0. The standard InChI is InChI=1S/C22H16N2O2/c23-14-16-8-4-5-9-19(16)24-17-10-11-18-20(25)13-21(26-22(18)12-17)15-6-2-1-3-7-15/h1-9,13H,10-12H2. The Kier molecular flexibility index (Phi) is 4.20. The zero-order chi connectivity index (χ0) is 17.9. The molecule has 4 heteroatoms. The predicted molar refractivity (Wildman–Crippen MR) is 101 cm³/mol. The highest BCUT2D eigenvalue weighted by molar-refractivity contribution is 5.90. The number of nitriles is 1. The summed E-state index contributed by atoms with van der Waals surface area (Å²) in [5.74, 6) is 1.25. The van der Waals surface area contributed by atoms with Gasteiger partial charge in [0, 0.05) is 29.3 Å². The van der Waals surface area contributed by atoms with Gasteiger partial charge in [-0.3, -0.25) is 9.79 Å².